The zero-order valence-corrected chi connectivity index (χ0v) is 14.3. The molecule has 2 aromatic carbocycles. The Morgan fingerprint density at radius 1 is 1.17 bits per heavy atom. The van der Waals surface area contributed by atoms with Crippen LogP contribution in [0.4, 0.5) is 5.69 Å². The van der Waals surface area contributed by atoms with E-state index in [1.807, 2.05) is 37.3 Å². The Morgan fingerprint density at radius 3 is 2.46 bits per heavy atom. The molecule has 0 radical (unpaired) electrons. The summed E-state index contributed by atoms with van der Waals surface area (Å²) in [7, 11) is 0. The molecule has 1 amide bonds. The average Bonchev–Trinajstić information content (AvgIpc) is 2.92. The first-order chi connectivity index (χ1) is 11.5. The lowest BCUT2D eigenvalue weighted by Gasteiger charge is -2.27. The van der Waals surface area contributed by atoms with Crippen LogP contribution >= 0.6 is 23.2 Å². The monoisotopic (exact) mass is 363 g/mol. The number of benzene rings is 2. The van der Waals surface area contributed by atoms with Crippen LogP contribution in [-0.4, -0.2) is 16.8 Å². The number of hydrogen-bond acceptors (Lipinski definition) is 4. The lowest BCUT2D eigenvalue weighted by Crippen LogP contribution is -2.32. The smallest absolute Gasteiger partial charge is 0.288 e. The van der Waals surface area contributed by atoms with E-state index < -0.39 is 5.91 Å². The maximum atomic E-state index is 11.9. The molecule has 5 nitrogen and oxygen atoms in total. The summed E-state index contributed by atoms with van der Waals surface area (Å²) in [6.07, 6.45) is 0. The predicted molar refractivity (Wildman–Crippen MR) is 94.7 cm³/mol. The number of carbonyl (C=O) groups is 1. The van der Waals surface area contributed by atoms with Gasteiger partial charge in [-0.25, -0.2) is 5.48 Å². The number of nitrogens with one attached hydrogen (secondary N) is 1. The first-order valence-electron chi connectivity index (χ1n) is 7.35. The molecule has 0 saturated heterocycles. The second kappa shape index (κ2) is 6.81. The van der Waals surface area contributed by atoms with Gasteiger partial charge in [0.2, 0.25) is 0 Å². The fourth-order valence-electron chi connectivity index (χ4n) is 2.87. The molecule has 0 aromatic heterocycles. The van der Waals surface area contributed by atoms with Crippen molar-refractivity contribution >= 4 is 40.5 Å². The van der Waals surface area contributed by atoms with Crippen molar-refractivity contribution in [2.75, 3.05) is 5.01 Å². The Balaban J connectivity index is 2.09. The van der Waals surface area contributed by atoms with Gasteiger partial charge in [-0.15, -0.1) is 0 Å². The Morgan fingerprint density at radius 2 is 1.83 bits per heavy atom. The van der Waals surface area contributed by atoms with E-state index >= 15 is 0 Å². The average molecular weight is 364 g/mol. The van der Waals surface area contributed by atoms with Crippen LogP contribution in [0.2, 0.25) is 10.0 Å². The molecule has 2 aromatic rings. The molecule has 3 rings (SSSR count). The molecule has 2 atom stereocenters. The number of halogens is 2. The van der Waals surface area contributed by atoms with Crippen molar-refractivity contribution in [1.82, 2.24) is 5.48 Å². The topological polar surface area (TPSA) is 64.9 Å². The van der Waals surface area contributed by atoms with Gasteiger partial charge in [0.05, 0.1) is 16.8 Å². The molecule has 0 fully saturated rings. The van der Waals surface area contributed by atoms with Crippen LogP contribution in [0.3, 0.4) is 0 Å². The van der Waals surface area contributed by atoms with Crippen molar-refractivity contribution in [3.05, 3.63) is 64.1 Å². The van der Waals surface area contributed by atoms with Gasteiger partial charge >= 0.3 is 0 Å². The molecule has 7 heteroatoms. The van der Waals surface area contributed by atoms with E-state index in [4.69, 9.17) is 28.4 Å². The van der Waals surface area contributed by atoms with Gasteiger partial charge < -0.3 is 0 Å². The van der Waals surface area contributed by atoms with Crippen LogP contribution in [-0.2, 0) is 4.79 Å². The lowest BCUT2D eigenvalue weighted by molar-refractivity contribution is -0.122. The van der Waals surface area contributed by atoms with Crippen molar-refractivity contribution in [2.24, 2.45) is 11.0 Å². The SMILES string of the molecule is C[C@H]1C(C(=O)NO)=NN(c2ccccc2Cl)[C@H]1c1ccc(Cl)cc1. The minimum Gasteiger partial charge on any atom is -0.288 e. The lowest BCUT2D eigenvalue weighted by atomic mass is 9.91. The van der Waals surface area contributed by atoms with Crippen LogP contribution in [0.1, 0.15) is 18.5 Å². The molecule has 0 unspecified atom stereocenters. The number of para-hydroxylation sites is 1. The highest BCUT2D eigenvalue weighted by molar-refractivity contribution is 6.40. The standard InChI is InChI=1S/C17H15Cl2N3O2/c1-10-15(17(23)21-24)20-22(14-5-3-2-4-13(14)19)16(10)11-6-8-12(18)9-7-11/h2-10,16,24H,1H3,(H,21,23)/t10-,16+/m0/s1. The summed E-state index contributed by atoms with van der Waals surface area (Å²) < 4.78 is 0. The van der Waals surface area contributed by atoms with Gasteiger partial charge in [-0.2, -0.15) is 5.10 Å². The predicted octanol–water partition coefficient (Wildman–Crippen LogP) is 4.05. The molecule has 1 aliphatic heterocycles. The largest absolute Gasteiger partial charge is 0.291 e. The molecule has 0 bridgehead atoms. The second-order valence-corrected chi connectivity index (χ2v) is 6.35. The van der Waals surface area contributed by atoms with E-state index in [0.717, 1.165) is 5.56 Å². The van der Waals surface area contributed by atoms with E-state index in [1.54, 1.807) is 28.7 Å². The Kier molecular flexibility index (Phi) is 4.76. The fourth-order valence-corrected chi connectivity index (χ4v) is 3.22. The molecule has 124 valence electrons. The van der Waals surface area contributed by atoms with Crippen molar-refractivity contribution < 1.29 is 10.0 Å². The van der Waals surface area contributed by atoms with E-state index in [9.17, 15) is 4.79 Å². The Bertz CT molecular complexity index is 793. The highest BCUT2D eigenvalue weighted by Crippen LogP contribution is 2.41. The van der Waals surface area contributed by atoms with Gasteiger partial charge in [-0.3, -0.25) is 15.0 Å². The summed E-state index contributed by atoms with van der Waals surface area (Å²) in [5.74, 6) is -0.884. The summed E-state index contributed by atoms with van der Waals surface area (Å²) >= 11 is 12.3. The third-order valence-electron chi connectivity index (χ3n) is 4.03. The minimum absolute atomic E-state index is 0.234. The Labute approximate surface area is 149 Å². The van der Waals surface area contributed by atoms with Crippen LogP contribution < -0.4 is 10.5 Å². The number of hydrogen-bond donors (Lipinski definition) is 2. The van der Waals surface area contributed by atoms with Gasteiger partial charge in [-0.05, 0) is 29.8 Å². The molecule has 24 heavy (non-hydrogen) atoms. The maximum Gasteiger partial charge on any atom is 0.291 e. The van der Waals surface area contributed by atoms with Crippen LogP contribution in [0, 0.1) is 5.92 Å². The summed E-state index contributed by atoms with van der Waals surface area (Å²) in [5.41, 5.74) is 3.52. The number of hydrazone groups is 1. The van der Waals surface area contributed by atoms with Crippen LogP contribution in [0.25, 0.3) is 0 Å². The zero-order valence-electron chi connectivity index (χ0n) is 12.8. The van der Waals surface area contributed by atoms with Gasteiger partial charge in [0.25, 0.3) is 5.91 Å². The molecular formula is C17H15Cl2N3O2. The van der Waals surface area contributed by atoms with E-state index in [0.29, 0.717) is 15.7 Å². The summed E-state index contributed by atoms with van der Waals surface area (Å²) in [4.78, 5) is 11.9. The minimum atomic E-state index is -0.629. The molecule has 0 aliphatic carbocycles. The fraction of sp³-hybridized carbons (Fsp3) is 0.176. The molecule has 0 spiro atoms. The number of amides is 1. The van der Waals surface area contributed by atoms with Gasteiger partial charge in [-0.1, -0.05) is 54.4 Å². The molecule has 1 heterocycles. The van der Waals surface area contributed by atoms with Crippen molar-refractivity contribution in [1.29, 1.82) is 0 Å². The molecular weight excluding hydrogens is 349 g/mol. The zero-order chi connectivity index (χ0) is 17.3. The normalized spacial score (nSPS) is 20.0. The second-order valence-electron chi connectivity index (χ2n) is 5.51. The first kappa shape index (κ1) is 16.8. The van der Waals surface area contributed by atoms with Crippen LogP contribution in [0.5, 0.6) is 0 Å². The van der Waals surface area contributed by atoms with Crippen molar-refractivity contribution in [3.63, 3.8) is 0 Å². The van der Waals surface area contributed by atoms with E-state index in [-0.39, 0.29) is 17.7 Å². The van der Waals surface area contributed by atoms with Gasteiger partial charge in [0.15, 0.2) is 0 Å². The first-order valence-corrected chi connectivity index (χ1v) is 8.10. The third kappa shape index (κ3) is 2.98. The van der Waals surface area contributed by atoms with Crippen molar-refractivity contribution in [3.8, 4) is 0 Å². The summed E-state index contributed by atoms with van der Waals surface area (Å²) in [5, 5.41) is 16.2. The number of rotatable bonds is 3. The van der Waals surface area contributed by atoms with Crippen molar-refractivity contribution in [2.45, 2.75) is 13.0 Å². The quantitative estimate of drug-likeness (QED) is 0.638. The third-order valence-corrected chi connectivity index (χ3v) is 4.60. The summed E-state index contributed by atoms with van der Waals surface area (Å²) in [6, 6.07) is 14.4. The van der Waals surface area contributed by atoms with Crippen LogP contribution in [0.15, 0.2) is 53.6 Å². The number of hydroxylamine groups is 1. The number of carbonyl (C=O) groups excluding carboxylic acids is 1. The van der Waals surface area contributed by atoms with E-state index in [1.165, 1.54) is 0 Å². The highest BCUT2D eigenvalue weighted by Gasteiger charge is 2.39. The van der Waals surface area contributed by atoms with E-state index in [2.05, 4.69) is 5.10 Å². The van der Waals surface area contributed by atoms with Gasteiger partial charge in [0, 0.05) is 10.9 Å². The number of anilines is 1. The molecule has 1 aliphatic rings. The maximum absolute atomic E-state index is 11.9. The molecule has 2 N–H and O–H groups in total. The Hall–Kier alpha value is -2.08. The highest BCUT2D eigenvalue weighted by atomic mass is 35.5. The number of nitrogens with zero attached hydrogens (tertiary/aromatic N) is 2. The molecule has 0 saturated carbocycles. The van der Waals surface area contributed by atoms with Gasteiger partial charge in [0.1, 0.15) is 5.71 Å². The summed E-state index contributed by atoms with van der Waals surface area (Å²) in [6.45, 7) is 1.88.